The summed E-state index contributed by atoms with van der Waals surface area (Å²) in [5.41, 5.74) is 0.834. The van der Waals surface area contributed by atoms with E-state index in [9.17, 15) is 4.79 Å². The largest absolute Gasteiger partial charge is 0.293 e. The van der Waals surface area contributed by atoms with Crippen LogP contribution in [0.2, 0.25) is 0 Å². The van der Waals surface area contributed by atoms with Gasteiger partial charge in [0.25, 0.3) is 0 Å². The van der Waals surface area contributed by atoms with Crippen LogP contribution in [0.15, 0.2) is 42.5 Å². The van der Waals surface area contributed by atoms with Crippen molar-refractivity contribution in [3.8, 4) is 0 Å². The molecule has 1 nitrogen and oxygen atoms in total. The second-order valence-corrected chi connectivity index (χ2v) is 4.50. The van der Waals surface area contributed by atoms with Gasteiger partial charge in [0, 0.05) is 11.3 Å². The molecule has 1 heterocycles. The van der Waals surface area contributed by atoms with Crippen LogP contribution in [0.1, 0.15) is 16.8 Å². The highest BCUT2D eigenvalue weighted by Gasteiger charge is 2.20. The minimum absolute atomic E-state index is 0.127. The number of thioether (sulfide) groups is 1. The fourth-order valence-electron chi connectivity index (χ4n) is 1.50. The van der Waals surface area contributed by atoms with Crippen LogP contribution in [0.3, 0.4) is 0 Å². The summed E-state index contributed by atoms with van der Waals surface area (Å²) in [6.45, 7) is 0. The second kappa shape index (κ2) is 4.47. The summed E-state index contributed by atoms with van der Waals surface area (Å²) in [5, 5.41) is 0.127. The molecule has 1 aliphatic heterocycles. The van der Waals surface area contributed by atoms with Gasteiger partial charge in [0.2, 0.25) is 0 Å². The second-order valence-electron chi connectivity index (χ2n) is 3.26. The minimum Gasteiger partial charge on any atom is -0.293 e. The van der Waals surface area contributed by atoms with Crippen LogP contribution in [0, 0.1) is 0 Å². The fraction of sp³-hybridized carbons (Fsp3) is 0.250. The maximum atomic E-state index is 11.9. The van der Waals surface area contributed by atoms with Gasteiger partial charge >= 0.3 is 0 Å². The number of carbonyl (C=O) groups excluding carboxylic acids is 1. The zero-order chi connectivity index (χ0) is 9.80. The molecule has 72 valence electrons. The first-order valence-corrected chi connectivity index (χ1v) is 5.78. The zero-order valence-electron chi connectivity index (χ0n) is 7.85. The molecule has 1 aromatic rings. The van der Waals surface area contributed by atoms with Gasteiger partial charge in [-0.1, -0.05) is 42.5 Å². The summed E-state index contributed by atoms with van der Waals surface area (Å²) >= 11 is 1.73. The summed E-state index contributed by atoms with van der Waals surface area (Å²) in [6, 6.07) is 9.54. The van der Waals surface area contributed by atoms with Crippen molar-refractivity contribution in [3.05, 3.63) is 48.0 Å². The van der Waals surface area contributed by atoms with E-state index in [2.05, 4.69) is 12.2 Å². The van der Waals surface area contributed by atoms with E-state index < -0.39 is 0 Å². The Morgan fingerprint density at radius 1 is 1.21 bits per heavy atom. The van der Waals surface area contributed by atoms with E-state index >= 15 is 0 Å². The summed E-state index contributed by atoms with van der Waals surface area (Å²) in [7, 11) is 0. The van der Waals surface area contributed by atoms with Crippen LogP contribution >= 0.6 is 11.8 Å². The van der Waals surface area contributed by atoms with Crippen LogP contribution in [-0.4, -0.2) is 16.8 Å². The van der Waals surface area contributed by atoms with E-state index in [1.165, 1.54) is 0 Å². The standard InChI is InChI=1S/C12H12OS/c13-12(10-6-2-1-3-7-10)11-8-4-5-9-14-11/h1-7,11H,8-9H2. The van der Waals surface area contributed by atoms with Crippen LogP contribution in [0.5, 0.6) is 0 Å². The number of allylic oxidation sites excluding steroid dienone is 1. The fourth-order valence-corrected chi connectivity index (χ4v) is 2.51. The first-order chi connectivity index (χ1) is 6.88. The lowest BCUT2D eigenvalue weighted by Gasteiger charge is -2.15. The molecular weight excluding hydrogens is 192 g/mol. The van der Waals surface area contributed by atoms with Gasteiger partial charge in [-0.25, -0.2) is 0 Å². The molecule has 0 fully saturated rings. The van der Waals surface area contributed by atoms with Crippen LogP contribution in [0.4, 0.5) is 0 Å². The zero-order valence-corrected chi connectivity index (χ0v) is 8.67. The molecule has 1 atom stereocenters. The van der Waals surface area contributed by atoms with Gasteiger partial charge in [-0.05, 0) is 6.42 Å². The third-order valence-corrected chi connectivity index (χ3v) is 3.45. The van der Waals surface area contributed by atoms with Crippen LogP contribution < -0.4 is 0 Å². The molecule has 0 aromatic heterocycles. The molecular formula is C12H12OS. The smallest absolute Gasteiger partial charge is 0.176 e. The van der Waals surface area contributed by atoms with Crippen molar-refractivity contribution < 1.29 is 4.79 Å². The highest BCUT2D eigenvalue weighted by molar-refractivity contribution is 8.00. The van der Waals surface area contributed by atoms with Gasteiger partial charge in [0.15, 0.2) is 5.78 Å². The SMILES string of the molecule is O=C(c1ccccc1)C1CC=CCS1. The van der Waals surface area contributed by atoms with E-state index in [0.29, 0.717) is 0 Å². The monoisotopic (exact) mass is 204 g/mol. The normalized spacial score (nSPS) is 20.7. The lowest BCUT2D eigenvalue weighted by molar-refractivity contribution is 0.0989. The Balaban J connectivity index is 2.12. The molecule has 0 saturated carbocycles. The van der Waals surface area contributed by atoms with E-state index in [4.69, 9.17) is 0 Å². The molecule has 2 rings (SSSR count). The van der Waals surface area contributed by atoms with Crippen molar-refractivity contribution in [2.75, 3.05) is 5.75 Å². The Bertz CT molecular complexity index is 343. The maximum Gasteiger partial charge on any atom is 0.176 e. The Kier molecular flexibility index (Phi) is 3.04. The summed E-state index contributed by atoms with van der Waals surface area (Å²) in [6.07, 6.45) is 5.10. The highest BCUT2D eigenvalue weighted by Crippen LogP contribution is 2.23. The predicted molar refractivity (Wildman–Crippen MR) is 60.8 cm³/mol. The van der Waals surface area contributed by atoms with Crippen molar-refractivity contribution in [1.82, 2.24) is 0 Å². The first kappa shape index (κ1) is 9.53. The van der Waals surface area contributed by atoms with Crippen molar-refractivity contribution in [2.24, 2.45) is 0 Å². The van der Waals surface area contributed by atoms with E-state index in [1.807, 2.05) is 30.3 Å². The van der Waals surface area contributed by atoms with E-state index in [0.717, 1.165) is 17.7 Å². The molecule has 0 saturated heterocycles. The maximum absolute atomic E-state index is 11.9. The van der Waals surface area contributed by atoms with E-state index in [1.54, 1.807) is 11.8 Å². The summed E-state index contributed by atoms with van der Waals surface area (Å²) < 4.78 is 0. The van der Waals surface area contributed by atoms with E-state index in [-0.39, 0.29) is 11.0 Å². The topological polar surface area (TPSA) is 17.1 Å². The number of hydrogen-bond donors (Lipinski definition) is 0. The molecule has 0 N–H and O–H groups in total. The van der Waals surface area contributed by atoms with Gasteiger partial charge in [-0.15, -0.1) is 11.8 Å². The number of Topliss-reactive ketones (excluding diaryl/α,β-unsaturated/α-hetero) is 1. The first-order valence-electron chi connectivity index (χ1n) is 4.74. The Morgan fingerprint density at radius 3 is 2.64 bits per heavy atom. The molecule has 1 aliphatic rings. The lowest BCUT2D eigenvalue weighted by atomic mass is 10.1. The van der Waals surface area contributed by atoms with Crippen molar-refractivity contribution in [1.29, 1.82) is 0 Å². The third kappa shape index (κ3) is 2.07. The minimum atomic E-state index is 0.127. The average molecular weight is 204 g/mol. The van der Waals surface area contributed by atoms with Gasteiger partial charge in [0.1, 0.15) is 0 Å². The Labute approximate surface area is 88.2 Å². The molecule has 2 heteroatoms. The summed E-state index contributed by atoms with van der Waals surface area (Å²) in [5.74, 6) is 1.23. The van der Waals surface area contributed by atoms with Gasteiger partial charge in [0.05, 0.1) is 5.25 Å². The lowest BCUT2D eigenvalue weighted by Crippen LogP contribution is -2.18. The van der Waals surface area contributed by atoms with Gasteiger partial charge < -0.3 is 0 Å². The van der Waals surface area contributed by atoms with Crippen LogP contribution in [0.25, 0.3) is 0 Å². The number of rotatable bonds is 2. The molecule has 1 aromatic carbocycles. The molecule has 0 radical (unpaired) electrons. The third-order valence-electron chi connectivity index (χ3n) is 2.26. The molecule has 0 bridgehead atoms. The highest BCUT2D eigenvalue weighted by atomic mass is 32.2. The average Bonchev–Trinajstić information content (AvgIpc) is 2.30. The number of carbonyl (C=O) groups is 1. The molecule has 14 heavy (non-hydrogen) atoms. The number of ketones is 1. The van der Waals surface area contributed by atoms with Crippen LogP contribution in [-0.2, 0) is 0 Å². The number of hydrogen-bond acceptors (Lipinski definition) is 2. The molecule has 0 amide bonds. The van der Waals surface area contributed by atoms with Crippen molar-refractivity contribution in [2.45, 2.75) is 11.7 Å². The molecule has 0 spiro atoms. The van der Waals surface area contributed by atoms with Crippen molar-refractivity contribution >= 4 is 17.5 Å². The summed E-state index contributed by atoms with van der Waals surface area (Å²) in [4.78, 5) is 11.9. The molecule has 1 unspecified atom stereocenters. The Hall–Kier alpha value is -1.02. The quantitative estimate of drug-likeness (QED) is 0.544. The number of benzene rings is 1. The molecule has 0 aliphatic carbocycles. The Morgan fingerprint density at radius 2 is 2.00 bits per heavy atom. The van der Waals surface area contributed by atoms with Crippen molar-refractivity contribution in [3.63, 3.8) is 0 Å². The predicted octanol–water partition coefficient (Wildman–Crippen LogP) is 2.93. The van der Waals surface area contributed by atoms with Gasteiger partial charge in [-0.3, -0.25) is 4.79 Å². The van der Waals surface area contributed by atoms with Gasteiger partial charge in [-0.2, -0.15) is 0 Å².